The molecule has 0 radical (unpaired) electrons. The average Bonchev–Trinajstić information content (AvgIpc) is 2.89. The van der Waals surface area contributed by atoms with Gasteiger partial charge in [-0.2, -0.15) is 4.98 Å². The van der Waals surface area contributed by atoms with Gasteiger partial charge in [0.25, 0.3) is 0 Å². The fourth-order valence-electron chi connectivity index (χ4n) is 3.22. The Labute approximate surface area is 126 Å². The first kappa shape index (κ1) is 16.1. The van der Waals surface area contributed by atoms with Crippen LogP contribution in [-0.2, 0) is 15.1 Å². The van der Waals surface area contributed by atoms with Crippen molar-refractivity contribution in [3.05, 3.63) is 11.7 Å². The third kappa shape index (κ3) is 3.18. The molecule has 5 heteroatoms. The second-order valence-electron chi connectivity index (χ2n) is 6.67. The first-order valence-corrected chi connectivity index (χ1v) is 7.79. The van der Waals surface area contributed by atoms with E-state index in [1.807, 2.05) is 13.8 Å². The van der Waals surface area contributed by atoms with Crippen LogP contribution in [-0.4, -0.2) is 23.0 Å². The molecule has 0 bridgehead atoms. The minimum absolute atomic E-state index is 0.0592. The van der Waals surface area contributed by atoms with Gasteiger partial charge in [-0.25, -0.2) is 0 Å². The first-order valence-electron chi connectivity index (χ1n) is 7.79. The number of ether oxygens (including phenoxy) is 1. The largest absolute Gasteiger partial charge is 0.370 e. The third-order valence-corrected chi connectivity index (χ3v) is 4.69. The molecule has 0 aliphatic heterocycles. The number of ketones is 1. The molecule has 0 saturated heterocycles. The van der Waals surface area contributed by atoms with Crippen LogP contribution in [0.15, 0.2) is 4.52 Å². The molecule has 118 valence electrons. The Hall–Kier alpha value is -1.23. The van der Waals surface area contributed by atoms with Crippen LogP contribution in [0.1, 0.15) is 71.0 Å². The number of Topliss-reactive ketones (excluding diaryl/α,β-unsaturated/α-hetero) is 1. The van der Waals surface area contributed by atoms with Crippen molar-refractivity contribution >= 4 is 5.78 Å². The number of aromatic nitrogens is 2. The summed E-state index contributed by atoms with van der Waals surface area (Å²) in [6.07, 6.45) is 3.99. The van der Waals surface area contributed by atoms with Crippen molar-refractivity contribution in [2.75, 3.05) is 7.11 Å². The van der Waals surface area contributed by atoms with Gasteiger partial charge in [0.1, 0.15) is 11.4 Å². The Balaban J connectivity index is 2.27. The minimum atomic E-state index is -0.452. The van der Waals surface area contributed by atoms with Gasteiger partial charge in [0, 0.05) is 7.11 Å². The van der Waals surface area contributed by atoms with E-state index in [1.165, 1.54) is 0 Å². The molecule has 5 nitrogen and oxygen atoms in total. The molecule has 1 saturated carbocycles. The van der Waals surface area contributed by atoms with Gasteiger partial charge >= 0.3 is 0 Å². The Morgan fingerprint density at radius 3 is 2.48 bits per heavy atom. The van der Waals surface area contributed by atoms with Crippen molar-refractivity contribution in [3.8, 4) is 0 Å². The van der Waals surface area contributed by atoms with Crippen LogP contribution in [0.5, 0.6) is 0 Å². The summed E-state index contributed by atoms with van der Waals surface area (Å²) in [4.78, 5) is 16.3. The van der Waals surface area contributed by atoms with Gasteiger partial charge in [0.15, 0.2) is 0 Å². The predicted octanol–water partition coefficient (Wildman–Crippen LogP) is 3.45. The topological polar surface area (TPSA) is 65.2 Å². The lowest BCUT2D eigenvalue weighted by molar-refractivity contribution is -0.119. The Bertz CT molecular complexity index is 487. The molecule has 1 aliphatic carbocycles. The lowest BCUT2D eigenvalue weighted by Gasteiger charge is -2.35. The number of hydrogen-bond acceptors (Lipinski definition) is 5. The number of methoxy groups -OCH3 is 1. The average molecular weight is 294 g/mol. The van der Waals surface area contributed by atoms with Gasteiger partial charge in [-0.3, -0.25) is 4.79 Å². The molecule has 1 aromatic rings. The second kappa shape index (κ2) is 6.26. The maximum absolute atomic E-state index is 11.8. The van der Waals surface area contributed by atoms with Gasteiger partial charge in [-0.05, 0) is 44.4 Å². The molecular weight excluding hydrogens is 268 g/mol. The smallest absolute Gasteiger partial charge is 0.237 e. The molecule has 0 aromatic carbocycles. The highest BCUT2D eigenvalue weighted by Crippen LogP contribution is 2.41. The molecule has 1 atom stereocenters. The molecular formula is C16H26N2O3. The van der Waals surface area contributed by atoms with Gasteiger partial charge in [-0.1, -0.05) is 25.9 Å². The van der Waals surface area contributed by atoms with Gasteiger partial charge in [-0.15, -0.1) is 0 Å². The Morgan fingerprint density at radius 1 is 1.38 bits per heavy atom. The van der Waals surface area contributed by atoms with Gasteiger partial charge in [0.2, 0.25) is 11.7 Å². The number of rotatable bonds is 5. The van der Waals surface area contributed by atoms with E-state index in [0.717, 1.165) is 25.7 Å². The van der Waals surface area contributed by atoms with Crippen molar-refractivity contribution in [1.82, 2.24) is 10.1 Å². The molecule has 1 aliphatic rings. The van der Waals surface area contributed by atoms with Crippen LogP contribution >= 0.6 is 0 Å². The van der Waals surface area contributed by atoms with Crippen molar-refractivity contribution < 1.29 is 14.1 Å². The normalized spacial score (nSPS) is 27.8. The highest BCUT2D eigenvalue weighted by molar-refractivity contribution is 5.82. The zero-order valence-corrected chi connectivity index (χ0v) is 13.7. The molecule has 1 fully saturated rings. The molecule has 0 N–H and O–H groups in total. The summed E-state index contributed by atoms with van der Waals surface area (Å²) in [6, 6.07) is 0. The van der Waals surface area contributed by atoms with Crippen LogP contribution in [0.2, 0.25) is 0 Å². The number of carbonyl (C=O) groups is 1. The zero-order chi connectivity index (χ0) is 15.6. The third-order valence-electron chi connectivity index (χ3n) is 4.69. The molecule has 21 heavy (non-hydrogen) atoms. The van der Waals surface area contributed by atoms with Crippen molar-refractivity contribution in [3.63, 3.8) is 0 Å². The summed E-state index contributed by atoms with van der Waals surface area (Å²) in [6.45, 7) is 7.81. The van der Waals surface area contributed by atoms with Crippen LogP contribution < -0.4 is 0 Å². The number of nitrogens with zero attached hydrogens (tertiary/aromatic N) is 2. The predicted molar refractivity (Wildman–Crippen MR) is 78.9 cm³/mol. The maximum Gasteiger partial charge on any atom is 0.237 e. The van der Waals surface area contributed by atoms with E-state index in [9.17, 15) is 4.79 Å². The quantitative estimate of drug-likeness (QED) is 0.832. The summed E-state index contributed by atoms with van der Waals surface area (Å²) in [5.74, 6) is 1.59. The summed E-state index contributed by atoms with van der Waals surface area (Å²) in [5, 5.41) is 4.13. The second-order valence-corrected chi connectivity index (χ2v) is 6.67. The van der Waals surface area contributed by atoms with Gasteiger partial charge in [0.05, 0.1) is 5.92 Å². The fraction of sp³-hybridized carbons (Fsp3) is 0.812. The molecule has 0 amide bonds. The Morgan fingerprint density at radius 2 is 2.00 bits per heavy atom. The van der Waals surface area contributed by atoms with E-state index in [0.29, 0.717) is 17.6 Å². The molecule has 1 heterocycles. The van der Waals surface area contributed by atoms with Crippen LogP contribution in [0, 0.1) is 11.8 Å². The van der Waals surface area contributed by atoms with Crippen molar-refractivity contribution in [2.24, 2.45) is 11.8 Å². The summed E-state index contributed by atoms with van der Waals surface area (Å²) >= 11 is 0. The van der Waals surface area contributed by atoms with Crippen molar-refractivity contribution in [1.29, 1.82) is 0 Å². The van der Waals surface area contributed by atoms with E-state index < -0.39 is 5.60 Å². The van der Waals surface area contributed by atoms with Gasteiger partial charge < -0.3 is 9.26 Å². The zero-order valence-electron chi connectivity index (χ0n) is 13.7. The van der Waals surface area contributed by atoms with E-state index in [4.69, 9.17) is 9.26 Å². The van der Waals surface area contributed by atoms with E-state index >= 15 is 0 Å². The molecule has 1 unspecified atom stereocenters. The summed E-state index contributed by atoms with van der Waals surface area (Å²) < 4.78 is 11.2. The summed E-state index contributed by atoms with van der Waals surface area (Å²) in [5.41, 5.74) is -0.452. The molecule has 1 aromatic heterocycles. The monoisotopic (exact) mass is 294 g/mol. The van der Waals surface area contributed by atoms with Crippen LogP contribution in [0.25, 0.3) is 0 Å². The summed E-state index contributed by atoms with van der Waals surface area (Å²) in [7, 11) is 1.71. The highest BCUT2D eigenvalue weighted by atomic mass is 16.5. The van der Waals surface area contributed by atoms with E-state index in [-0.39, 0.29) is 17.6 Å². The maximum atomic E-state index is 11.8. The number of carbonyl (C=O) groups excluding carboxylic acids is 1. The minimum Gasteiger partial charge on any atom is -0.370 e. The van der Waals surface area contributed by atoms with E-state index in [1.54, 1.807) is 14.0 Å². The fourth-order valence-corrected chi connectivity index (χ4v) is 3.22. The SMILES string of the molecule is COC1(c2noc(C(C(C)=O)C(C)C)n2)CCC(C)CC1. The lowest BCUT2D eigenvalue weighted by atomic mass is 9.79. The first-order chi connectivity index (χ1) is 9.89. The lowest BCUT2D eigenvalue weighted by Crippen LogP contribution is -2.34. The highest BCUT2D eigenvalue weighted by Gasteiger charge is 2.41. The van der Waals surface area contributed by atoms with Crippen LogP contribution in [0.4, 0.5) is 0 Å². The van der Waals surface area contributed by atoms with E-state index in [2.05, 4.69) is 17.1 Å². The standard InChI is InChI=1S/C16H26N2O3/c1-10(2)13(12(4)19)14-17-15(18-21-14)16(20-5)8-6-11(3)7-9-16/h10-11,13H,6-9H2,1-5H3. The number of hydrogen-bond donors (Lipinski definition) is 0. The molecule has 2 rings (SSSR count). The Kier molecular flexibility index (Phi) is 4.81. The van der Waals surface area contributed by atoms with Crippen molar-refractivity contribution in [2.45, 2.75) is 64.9 Å². The molecule has 0 spiro atoms. The van der Waals surface area contributed by atoms with Crippen LogP contribution in [0.3, 0.4) is 0 Å².